The van der Waals surface area contributed by atoms with Gasteiger partial charge in [-0.15, -0.1) is 24.0 Å². The Labute approximate surface area is 125 Å². The Morgan fingerprint density at radius 1 is 1.44 bits per heavy atom. The molecule has 0 aliphatic carbocycles. The van der Waals surface area contributed by atoms with E-state index in [-0.39, 0.29) is 24.0 Å². The Morgan fingerprint density at radius 2 is 2.22 bits per heavy atom. The average Bonchev–Trinajstić information content (AvgIpc) is 2.73. The molecule has 2 rings (SSSR count). The molecule has 1 aliphatic heterocycles. The number of nitrogens with zero attached hydrogens (tertiary/aromatic N) is 3. The Kier molecular flexibility index (Phi) is 5.64. The van der Waals surface area contributed by atoms with E-state index in [0.29, 0.717) is 6.04 Å². The first-order valence-corrected chi connectivity index (χ1v) is 5.82. The van der Waals surface area contributed by atoms with Crippen molar-refractivity contribution >= 4 is 35.8 Å². The van der Waals surface area contributed by atoms with Crippen molar-refractivity contribution in [3.8, 4) is 0 Å². The van der Waals surface area contributed by atoms with Gasteiger partial charge in [-0.05, 0) is 18.6 Å². The largest absolute Gasteiger partial charge is 0.363 e. The summed E-state index contributed by atoms with van der Waals surface area (Å²) in [7, 11) is 3.97. The number of guanidine groups is 1. The normalized spacial score (nSPS) is 17.5. The van der Waals surface area contributed by atoms with Crippen molar-refractivity contribution in [2.45, 2.75) is 19.5 Å². The van der Waals surface area contributed by atoms with Gasteiger partial charge in [0.2, 0.25) is 0 Å². The van der Waals surface area contributed by atoms with Gasteiger partial charge < -0.3 is 15.5 Å². The maximum Gasteiger partial charge on any atom is 0.191 e. The van der Waals surface area contributed by atoms with Crippen molar-refractivity contribution in [1.82, 2.24) is 15.6 Å². The van der Waals surface area contributed by atoms with E-state index in [2.05, 4.69) is 33.6 Å². The first-order chi connectivity index (χ1) is 8.15. The van der Waals surface area contributed by atoms with Gasteiger partial charge in [-0.3, -0.25) is 4.99 Å². The van der Waals surface area contributed by atoms with Crippen molar-refractivity contribution in [3.05, 3.63) is 23.9 Å². The fourth-order valence-electron chi connectivity index (χ4n) is 1.63. The second kappa shape index (κ2) is 6.77. The Hall–Kier alpha value is -1.05. The van der Waals surface area contributed by atoms with Crippen molar-refractivity contribution in [3.63, 3.8) is 0 Å². The Morgan fingerprint density at radius 3 is 2.72 bits per heavy atom. The smallest absolute Gasteiger partial charge is 0.191 e. The second-order valence-electron chi connectivity index (χ2n) is 4.51. The molecule has 1 aromatic rings. The molecule has 0 fully saturated rings. The third-order valence-electron chi connectivity index (χ3n) is 2.63. The molecular weight excluding hydrogens is 341 g/mol. The third kappa shape index (κ3) is 4.01. The number of aliphatic imine (C=N–C) groups is 1. The van der Waals surface area contributed by atoms with E-state index in [4.69, 9.17) is 0 Å². The first kappa shape index (κ1) is 15.0. The molecule has 2 N–H and O–H groups in total. The summed E-state index contributed by atoms with van der Waals surface area (Å²) >= 11 is 0. The highest BCUT2D eigenvalue weighted by atomic mass is 127. The first-order valence-electron chi connectivity index (χ1n) is 5.82. The minimum Gasteiger partial charge on any atom is -0.363 e. The predicted octanol–water partition coefficient (Wildman–Crippen LogP) is 1.20. The van der Waals surface area contributed by atoms with Gasteiger partial charge >= 0.3 is 0 Å². The van der Waals surface area contributed by atoms with E-state index >= 15 is 0 Å². The van der Waals surface area contributed by atoms with E-state index in [9.17, 15) is 0 Å². The molecule has 0 bridgehead atoms. The van der Waals surface area contributed by atoms with Gasteiger partial charge in [0.05, 0.1) is 6.54 Å². The van der Waals surface area contributed by atoms with Gasteiger partial charge in [0.1, 0.15) is 5.82 Å². The van der Waals surface area contributed by atoms with Crippen LogP contribution in [0.4, 0.5) is 5.82 Å². The monoisotopic (exact) mass is 361 g/mol. The molecule has 0 saturated heterocycles. The van der Waals surface area contributed by atoms with E-state index in [1.165, 1.54) is 0 Å². The van der Waals surface area contributed by atoms with Crippen LogP contribution in [0, 0.1) is 0 Å². The van der Waals surface area contributed by atoms with Crippen LogP contribution in [0.3, 0.4) is 0 Å². The molecule has 0 radical (unpaired) electrons. The summed E-state index contributed by atoms with van der Waals surface area (Å²) in [4.78, 5) is 10.7. The predicted molar refractivity (Wildman–Crippen MR) is 85.7 cm³/mol. The molecular formula is C12H20IN5. The molecule has 1 aliphatic rings. The van der Waals surface area contributed by atoms with E-state index in [0.717, 1.165) is 30.4 Å². The van der Waals surface area contributed by atoms with Crippen molar-refractivity contribution < 1.29 is 0 Å². The molecule has 0 aromatic carbocycles. The minimum absolute atomic E-state index is 0. The summed E-state index contributed by atoms with van der Waals surface area (Å²) in [5.74, 6) is 1.85. The molecule has 0 amide bonds. The zero-order valence-electron chi connectivity index (χ0n) is 11.0. The number of hydrogen-bond donors (Lipinski definition) is 2. The lowest BCUT2D eigenvalue weighted by atomic mass is 10.3. The number of rotatable bonds is 3. The van der Waals surface area contributed by atoms with Crippen LogP contribution in [0.5, 0.6) is 0 Å². The molecule has 0 saturated carbocycles. The molecule has 1 aromatic heterocycles. The van der Waals surface area contributed by atoms with Crippen LogP contribution in [0.25, 0.3) is 0 Å². The fourth-order valence-corrected chi connectivity index (χ4v) is 1.63. The van der Waals surface area contributed by atoms with Gasteiger partial charge in [-0.1, -0.05) is 6.07 Å². The summed E-state index contributed by atoms with van der Waals surface area (Å²) in [5.41, 5.74) is 1.15. The molecule has 5 nitrogen and oxygen atoms in total. The second-order valence-corrected chi connectivity index (χ2v) is 4.51. The number of anilines is 1. The lowest BCUT2D eigenvalue weighted by Gasteiger charge is -2.12. The van der Waals surface area contributed by atoms with Crippen molar-refractivity contribution in [1.29, 1.82) is 0 Å². The molecule has 6 heteroatoms. The zero-order valence-corrected chi connectivity index (χ0v) is 13.3. The molecule has 1 unspecified atom stereocenters. The minimum atomic E-state index is 0. The highest BCUT2D eigenvalue weighted by Crippen LogP contribution is 2.07. The quantitative estimate of drug-likeness (QED) is 0.795. The van der Waals surface area contributed by atoms with E-state index in [1.807, 2.05) is 31.3 Å². The summed E-state index contributed by atoms with van der Waals surface area (Å²) in [6.07, 6.45) is 1.89. The van der Waals surface area contributed by atoms with Crippen LogP contribution in [0.15, 0.2) is 23.3 Å². The number of aromatic nitrogens is 1. The molecule has 100 valence electrons. The lowest BCUT2D eigenvalue weighted by molar-refractivity contribution is 0.713. The van der Waals surface area contributed by atoms with Crippen LogP contribution in [-0.4, -0.2) is 37.6 Å². The van der Waals surface area contributed by atoms with Gasteiger partial charge in [0.15, 0.2) is 5.96 Å². The summed E-state index contributed by atoms with van der Waals surface area (Å²) in [6, 6.07) is 4.53. The standard InChI is InChI=1S/C12H19N5.HI/c1-9-6-14-12(16-9)15-8-10-4-5-11(13-7-10)17(2)3;/h4-5,7,9H,6,8H2,1-3H3,(H2,14,15,16);1H. The van der Waals surface area contributed by atoms with Crippen molar-refractivity contribution in [2.75, 3.05) is 25.5 Å². The fraction of sp³-hybridized carbons (Fsp3) is 0.500. The van der Waals surface area contributed by atoms with Gasteiger partial charge in [-0.2, -0.15) is 0 Å². The molecule has 1 atom stereocenters. The van der Waals surface area contributed by atoms with Crippen LogP contribution in [-0.2, 0) is 6.54 Å². The van der Waals surface area contributed by atoms with Crippen LogP contribution < -0.4 is 15.5 Å². The SMILES string of the molecule is CC1CN=C(NCc2ccc(N(C)C)nc2)N1.I. The number of pyridine rings is 1. The summed E-state index contributed by atoms with van der Waals surface area (Å²) in [5, 5.41) is 6.53. The van der Waals surface area contributed by atoms with Gasteiger partial charge in [-0.25, -0.2) is 4.98 Å². The summed E-state index contributed by atoms with van der Waals surface area (Å²) < 4.78 is 0. The zero-order chi connectivity index (χ0) is 12.3. The highest BCUT2D eigenvalue weighted by Gasteiger charge is 2.11. The third-order valence-corrected chi connectivity index (χ3v) is 2.63. The maximum atomic E-state index is 4.36. The topological polar surface area (TPSA) is 52.6 Å². The number of hydrogen-bond acceptors (Lipinski definition) is 5. The van der Waals surface area contributed by atoms with E-state index in [1.54, 1.807) is 0 Å². The van der Waals surface area contributed by atoms with Crippen molar-refractivity contribution in [2.24, 2.45) is 4.99 Å². The number of nitrogens with one attached hydrogen (secondary N) is 2. The van der Waals surface area contributed by atoms with Gasteiger partial charge in [0.25, 0.3) is 0 Å². The lowest BCUT2D eigenvalue weighted by Crippen LogP contribution is -2.37. The number of halogens is 1. The molecule has 18 heavy (non-hydrogen) atoms. The van der Waals surface area contributed by atoms with Crippen LogP contribution in [0.1, 0.15) is 12.5 Å². The maximum absolute atomic E-state index is 4.36. The Bertz CT molecular complexity index is 401. The van der Waals surface area contributed by atoms with Gasteiger partial charge in [0, 0.05) is 32.9 Å². The molecule has 0 spiro atoms. The molecule has 2 heterocycles. The summed E-state index contributed by atoms with van der Waals surface area (Å²) in [6.45, 7) is 3.71. The van der Waals surface area contributed by atoms with Crippen LogP contribution in [0.2, 0.25) is 0 Å². The van der Waals surface area contributed by atoms with E-state index < -0.39 is 0 Å². The Balaban J connectivity index is 0.00000162. The highest BCUT2D eigenvalue weighted by molar-refractivity contribution is 14.0. The average molecular weight is 361 g/mol. The van der Waals surface area contributed by atoms with Crippen LogP contribution >= 0.6 is 24.0 Å².